The van der Waals surface area contributed by atoms with Crippen LogP contribution in [0.5, 0.6) is 0 Å². The molecule has 8 heteroatoms. The average molecular weight is 487 g/mol. The summed E-state index contributed by atoms with van der Waals surface area (Å²) in [4.78, 5) is 30.1. The molecule has 0 aromatic heterocycles. The van der Waals surface area contributed by atoms with E-state index in [-0.39, 0.29) is 12.1 Å². The number of carbonyl (C=O) groups is 3. The zero-order valence-corrected chi connectivity index (χ0v) is 20.2. The first-order chi connectivity index (χ1) is 14.1. The highest BCUT2D eigenvalue weighted by Crippen LogP contribution is 2.17. The van der Waals surface area contributed by atoms with Gasteiger partial charge in [-0.15, -0.1) is 13.2 Å². The fraction of sp³-hybridized carbons (Fsp3) is 0.500. The van der Waals surface area contributed by atoms with Crippen LogP contribution in [0.15, 0.2) is 41.9 Å². The first-order valence-electron chi connectivity index (χ1n) is 9.51. The highest BCUT2D eigenvalue weighted by atomic mass is 79.9. The Hall–Kier alpha value is -2.35. The maximum Gasteiger partial charge on any atom is 0.407 e. The molecule has 1 unspecified atom stereocenters. The van der Waals surface area contributed by atoms with Gasteiger partial charge in [-0.05, 0) is 64.7 Å². The Kier molecular flexibility index (Phi) is 17.4. The Balaban J connectivity index is 0. The third kappa shape index (κ3) is 20.4. The molecule has 2 amide bonds. The lowest BCUT2D eigenvalue weighted by Gasteiger charge is -2.22. The number of ether oxygens (including phenoxy) is 2. The molecule has 2 N–H and O–H groups in total. The van der Waals surface area contributed by atoms with Gasteiger partial charge in [0, 0.05) is 16.6 Å². The molecule has 1 aliphatic carbocycles. The molecule has 0 radical (unpaired) electrons. The molecule has 7 nitrogen and oxygen atoms in total. The molecule has 1 aliphatic rings. The van der Waals surface area contributed by atoms with Crippen LogP contribution in [0.3, 0.4) is 0 Å². The second-order valence-corrected chi connectivity index (χ2v) is 8.19. The number of nitrogens with one attached hydrogen (secondary N) is 2. The van der Waals surface area contributed by atoms with Crippen molar-refractivity contribution >= 4 is 34.9 Å². The van der Waals surface area contributed by atoms with Gasteiger partial charge < -0.3 is 20.1 Å². The van der Waals surface area contributed by atoms with Gasteiger partial charge in [0.15, 0.2) is 0 Å². The molecule has 1 fully saturated rings. The van der Waals surface area contributed by atoms with Crippen LogP contribution in [0.2, 0.25) is 0 Å². The maximum atomic E-state index is 11.6. The molecule has 0 bridgehead atoms. The number of carbonyl (C=O) groups excluding carboxylic acids is 3. The quantitative estimate of drug-likeness (QED) is 0.459. The van der Waals surface area contributed by atoms with Gasteiger partial charge >= 0.3 is 6.09 Å². The summed E-state index contributed by atoms with van der Waals surface area (Å²) >= 11 is 3.43. The van der Waals surface area contributed by atoms with E-state index in [9.17, 15) is 9.59 Å². The zero-order chi connectivity index (χ0) is 23.6. The standard InChI is InChI=1S/C14H20BrNO2.C4H7NO.C2H4O2.C2H4/c1-10(16-13(17)18-14(2,3)4)8-11-6-5-7-12(15)9-11;6-3-5-4-1-2-4;1-4-2-3;1-2/h5-7,9-10H,8H2,1-4H3,(H,16,17);3-4H,1-2H2,(H,5,6);2H,1H3;1-2H2. The van der Waals surface area contributed by atoms with Crippen molar-refractivity contribution in [3.8, 4) is 0 Å². The Morgan fingerprint density at radius 3 is 2.23 bits per heavy atom. The molecule has 30 heavy (non-hydrogen) atoms. The largest absolute Gasteiger partial charge is 0.471 e. The number of hydrogen-bond acceptors (Lipinski definition) is 5. The Morgan fingerprint density at radius 1 is 1.30 bits per heavy atom. The smallest absolute Gasteiger partial charge is 0.407 e. The third-order valence-electron chi connectivity index (χ3n) is 3.17. The highest BCUT2D eigenvalue weighted by molar-refractivity contribution is 9.10. The first kappa shape index (κ1) is 29.8. The summed E-state index contributed by atoms with van der Waals surface area (Å²) in [6, 6.07) is 8.62. The van der Waals surface area contributed by atoms with Gasteiger partial charge in [-0.1, -0.05) is 28.1 Å². The topological polar surface area (TPSA) is 93.7 Å². The number of hydrogen-bond donors (Lipinski definition) is 2. The maximum absolute atomic E-state index is 11.6. The monoisotopic (exact) mass is 486 g/mol. The number of benzene rings is 1. The summed E-state index contributed by atoms with van der Waals surface area (Å²) < 4.78 is 10.1. The Bertz CT molecular complexity index is 616. The minimum atomic E-state index is -0.459. The van der Waals surface area contributed by atoms with Gasteiger partial charge in [-0.3, -0.25) is 9.59 Å². The van der Waals surface area contributed by atoms with Gasteiger partial charge in [0.1, 0.15) is 5.60 Å². The van der Waals surface area contributed by atoms with E-state index in [1.165, 1.54) is 25.5 Å². The predicted molar refractivity (Wildman–Crippen MR) is 123 cm³/mol. The van der Waals surface area contributed by atoms with Crippen LogP contribution in [0.25, 0.3) is 0 Å². The summed E-state index contributed by atoms with van der Waals surface area (Å²) in [6.07, 6.45) is 3.53. The van der Waals surface area contributed by atoms with Gasteiger partial charge in [0.25, 0.3) is 6.47 Å². The van der Waals surface area contributed by atoms with Gasteiger partial charge in [0.05, 0.1) is 7.11 Å². The molecule has 0 spiro atoms. The van der Waals surface area contributed by atoms with Crippen LogP contribution in [-0.2, 0) is 25.5 Å². The normalized spacial score (nSPS) is 12.6. The van der Waals surface area contributed by atoms with Crippen molar-refractivity contribution in [2.75, 3.05) is 7.11 Å². The lowest BCUT2D eigenvalue weighted by molar-refractivity contribution is -0.126. The van der Waals surface area contributed by atoms with Gasteiger partial charge in [-0.25, -0.2) is 4.79 Å². The van der Waals surface area contributed by atoms with Crippen molar-refractivity contribution in [1.82, 2.24) is 10.6 Å². The van der Waals surface area contributed by atoms with Crippen molar-refractivity contribution < 1.29 is 23.9 Å². The second-order valence-electron chi connectivity index (χ2n) is 7.27. The molecular formula is C22H35BrN2O5. The van der Waals surface area contributed by atoms with Crippen molar-refractivity contribution in [2.45, 2.75) is 64.6 Å². The Labute approximate surface area is 188 Å². The van der Waals surface area contributed by atoms with Crippen molar-refractivity contribution in [2.24, 2.45) is 0 Å². The van der Waals surface area contributed by atoms with Crippen LogP contribution >= 0.6 is 15.9 Å². The molecule has 0 heterocycles. The molecule has 1 aromatic rings. The molecule has 0 saturated heterocycles. The molecule has 2 rings (SSSR count). The Morgan fingerprint density at radius 2 is 1.87 bits per heavy atom. The average Bonchev–Trinajstić information content (AvgIpc) is 3.47. The number of halogens is 1. The summed E-state index contributed by atoms with van der Waals surface area (Å²) in [5.41, 5.74) is 0.715. The van der Waals surface area contributed by atoms with Crippen LogP contribution in [0.4, 0.5) is 4.79 Å². The first-order valence-corrected chi connectivity index (χ1v) is 10.3. The van der Waals surface area contributed by atoms with Crippen molar-refractivity contribution in [3.63, 3.8) is 0 Å². The SMILES string of the molecule is C=C.CC(Cc1cccc(Br)c1)NC(=O)OC(C)(C)C.COC=O.O=CNC1CC1. The van der Waals surface area contributed by atoms with Crippen LogP contribution in [0.1, 0.15) is 46.1 Å². The zero-order valence-electron chi connectivity index (χ0n) is 18.6. The fourth-order valence-corrected chi connectivity index (χ4v) is 2.37. The molecule has 1 aromatic carbocycles. The van der Waals surface area contributed by atoms with Crippen LogP contribution < -0.4 is 10.6 Å². The molecule has 1 atom stereocenters. The molecular weight excluding hydrogens is 452 g/mol. The van der Waals surface area contributed by atoms with E-state index < -0.39 is 5.60 Å². The van der Waals surface area contributed by atoms with E-state index in [0.717, 1.165) is 17.3 Å². The molecule has 1 saturated carbocycles. The number of rotatable bonds is 6. The molecule has 0 aliphatic heterocycles. The lowest BCUT2D eigenvalue weighted by atomic mass is 10.1. The van der Waals surface area contributed by atoms with Crippen molar-refractivity contribution in [1.29, 1.82) is 0 Å². The van der Waals surface area contributed by atoms with E-state index in [4.69, 9.17) is 9.53 Å². The fourth-order valence-electron chi connectivity index (χ4n) is 1.92. The molecule has 170 valence electrons. The van der Waals surface area contributed by atoms with E-state index in [2.05, 4.69) is 44.5 Å². The highest BCUT2D eigenvalue weighted by Gasteiger charge is 2.19. The number of methoxy groups -OCH3 is 1. The van der Waals surface area contributed by atoms with E-state index in [0.29, 0.717) is 12.5 Å². The van der Waals surface area contributed by atoms with E-state index >= 15 is 0 Å². The minimum Gasteiger partial charge on any atom is -0.471 e. The van der Waals surface area contributed by atoms with Gasteiger partial charge in [0.2, 0.25) is 6.41 Å². The summed E-state index contributed by atoms with van der Waals surface area (Å²) in [5.74, 6) is 0. The van der Waals surface area contributed by atoms with Crippen molar-refractivity contribution in [3.05, 3.63) is 47.5 Å². The number of amides is 2. The minimum absolute atomic E-state index is 0.0362. The summed E-state index contributed by atoms with van der Waals surface area (Å²) in [5, 5.41) is 5.47. The summed E-state index contributed by atoms with van der Waals surface area (Å²) in [6.45, 7) is 13.9. The van der Waals surface area contributed by atoms with Crippen LogP contribution in [0, 0.1) is 0 Å². The second kappa shape index (κ2) is 17.5. The number of alkyl carbamates (subject to hydrolysis) is 1. The lowest BCUT2D eigenvalue weighted by Crippen LogP contribution is -2.38. The third-order valence-corrected chi connectivity index (χ3v) is 3.66. The van der Waals surface area contributed by atoms with Gasteiger partial charge in [-0.2, -0.15) is 0 Å². The predicted octanol–water partition coefficient (Wildman–Crippen LogP) is 4.39. The van der Waals surface area contributed by atoms with E-state index in [1.807, 2.05) is 52.0 Å². The summed E-state index contributed by atoms with van der Waals surface area (Å²) in [7, 11) is 1.31. The van der Waals surface area contributed by atoms with Crippen LogP contribution in [-0.4, -0.2) is 43.8 Å². The van der Waals surface area contributed by atoms with E-state index in [1.54, 1.807) is 0 Å².